The van der Waals surface area contributed by atoms with Gasteiger partial charge in [-0.05, 0) is 37.1 Å². The van der Waals surface area contributed by atoms with E-state index in [1.54, 1.807) is 6.07 Å². The topological polar surface area (TPSA) is 79.9 Å². The first-order valence-electron chi connectivity index (χ1n) is 6.86. The van der Waals surface area contributed by atoms with E-state index < -0.39 is 0 Å². The van der Waals surface area contributed by atoms with Gasteiger partial charge in [0.05, 0.1) is 18.1 Å². The highest BCUT2D eigenvalue weighted by Gasteiger charge is 2.21. The van der Waals surface area contributed by atoms with E-state index in [1.165, 1.54) is 12.1 Å². The molecular formula is C16H16O5. The largest absolute Gasteiger partial charge is 0.508 e. The summed E-state index contributed by atoms with van der Waals surface area (Å²) in [6, 6.07) is 6.29. The third-order valence-electron chi connectivity index (χ3n) is 3.56. The summed E-state index contributed by atoms with van der Waals surface area (Å²) in [4.78, 5) is 12.0. The molecule has 0 radical (unpaired) electrons. The van der Waals surface area contributed by atoms with E-state index in [-0.39, 0.29) is 30.0 Å². The van der Waals surface area contributed by atoms with Gasteiger partial charge in [0.25, 0.3) is 0 Å². The molecule has 0 saturated carbocycles. The SMILES string of the molecule is C[C@H]1CCc2ccc(o2)-c2c(O)cc(O)cc2CC(=O)O1. The van der Waals surface area contributed by atoms with Gasteiger partial charge in [0, 0.05) is 12.5 Å². The predicted octanol–water partition coefficient (Wildman–Crippen LogP) is 2.78. The molecule has 2 bridgehead atoms. The predicted molar refractivity (Wildman–Crippen MR) is 75.1 cm³/mol. The van der Waals surface area contributed by atoms with E-state index in [0.29, 0.717) is 29.7 Å². The Balaban J connectivity index is 2.14. The second-order valence-corrected chi connectivity index (χ2v) is 5.28. The number of rotatable bonds is 0. The van der Waals surface area contributed by atoms with Crippen LogP contribution >= 0.6 is 0 Å². The van der Waals surface area contributed by atoms with E-state index in [1.807, 2.05) is 13.0 Å². The first kappa shape index (κ1) is 13.5. The number of hydrogen-bond donors (Lipinski definition) is 2. The summed E-state index contributed by atoms with van der Waals surface area (Å²) in [5, 5.41) is 19.7. The van der Waals surface area contributed by atoms with Crippen LogP contribution in [0.2, 0.25) is 0 Å². The van der Waals surface area contributed by atoms with Crippen molar-refractivity contribution in [1.82, 2.24) is 0 Å². The number of phenolic OH excluding ortho intramolecular Hbond substituents is 2. The van der Waals surface area contributed by atoms with Gasteiger partial charge in [0.1, 0.15) is 23.0 Å². The second-order valence-electron chi connectivity index (χ2n) is 5.28. The van der Waals surface area contributed by atoms with Gasteiger partial charge < -0.3 is 19.4 Å². The van der Waals surface area contributed by atoms with Crippen molar-refractivity contribution in [2.45, 2.75) is 32.3 Å². The van der Waals surface area contributed by atoms with E-state index in [4.69, 9.17) is 9.15 Å². The molecule has 1 aliphatic rings. The molecule has 0 aliphatic carbocycles. The van der Waals surface area contributed by atoms with Crippen molar-refractivity contribution in [2.24, 2.45) is 0 Å². The lowest BCUT2D eigenvalue weighted by Gasteiger charge is -2.13. The molecule has 0 saturated heterocycles. The molecule has 0 fully saturated rings. The Morgan fingerprint density at radius 2 is 2.05 bits per heavy atom. The minimum absolute atomic E-state index is 0.0301. The van der Waals surface area contributed by atoms with Crippen LogP contribution in [0.25, 0.3) is 11.3 Å². The van der Waals surface area contributed by atoms with Crippen LogP contribution in [0.1, 0.15) is 24.7 Å². The average Bonchev–Trinajstić information content (AvgIpc) is 2.82. The summed E-state index contributed by atoms with van der Waals surface area (Å²) in [6.45, 7) is 1.83. The second kappa shape index (κ2) is 5.16. The van der Waals surface area contributed by atoms with E-state index in [9.17, 15) is 15.0 Å². The highest BCUT2D eigenvalue weighted by atomic mass is 16.5. The molecule has 0 spiro atoms. The Morgan fingerprint density at radius 3 is 2.86 bits per heavy atom. The minimum Gasteiger partial charge on any atom is -0.508 e. The minimum atomic E-state index is -0.388. The number of carbonyl (C=O) groups is 1. The maximum atomic E-state index is 12.0. The van der Waals surface area contributed by atoms with Gasteiger partial charge in [-0.15, -0.1) is 0 Å². The molecule has 5 nitrogen and oxygen atoms in total. The summed E-state index contributed by atoms with van der Waals surface area (Å²) < 4.78 is 11.1. The van der Waals surface area contributed by atoms with Gasteiger partial charge in [-0.3, -0.25) is 4.79 Å². The molecule has 1 aromatic carbocycles. The Hall–Kier alpha value is -2.43. The highest BCUT2D eigenvalue weighted by Crippen LogP contribution is 2.38. The van der Waals surface area contributed by atoms with Gasteiger partial charge >= 0.3 is 5.97 Å². The van der Waals surface area contributed by atoms with Crippen molar-refractivity contribution in [3.8, 4) is 22.8 Å². The number of fused-ring (bicyclic) bond motifs is 4. The average molecular weight is 288 g/mol. The van der Waals surface area contributed by atoms with Crippen molar-refractivity contribution in [3.63, 3.8) is 0 Å². The summed E-state index contributed by atoms with van der Waals surface area (Å²) in [6.07, 6.45) is 1.09. The quantitative estimate of drug-likeness (QED) is 0.729. The summed E-state index contributed by atoms with van der Waals surface area (Å²) in [5.41, 5.74) is 0.901. The van der Waals surface area contributed by atoms with Crippen LogP contribution in [0.4, 0.5) is 0 Å². The Morgan fingerprint density at radius 1 is 1.24 bits per heavy atom. The molecule has 0 amide bonds. The zero-order valence-corrected chi connectivity index (χ0v) is 11.6. The Kier molecular flexibility index (Phi) is 3.33. The summed E-state index contributed by atoms with van der Waals surface area (Å²) >= 11 is 0. The zero-order chi connectivity index (χ0) is 15.0. The van der Waals surface area contributed by atoms with Crippen LogP contribution in [0.3, 0.4) is 0 Å². The molecule has 5 heteroatoms. The number of carbonyl (C=O) groups excluding carboxylic acids is 1. The van der Waals surface area contributed by atoms with Gasteiger partial charge in [0.2, 0.25) is 0 Å². The van der Waals surface area contributed by atoms with Crippen LogP contribution in [0, 0.1) is 0 Å². The summed E-state index contributed by atoms with van der Waals surface area (Å²) in [5.74, 6) is 0.647. The highest BCUT2D eigenvalue weighted by molar-refractivity contribution is 5.80. The number of ether oxygens (including phenoxy) is 1. The molecule has 3 rings (SSSR count). The summed E-state index contributed by atoms with van der Waals surface area (Å²) in [7, 11) is 0. The monoisotopic (exact) mass is 288 g/mol. The number of cyclic esters (lactones) is 1. The number of furan rings is 1. The third-order valence-corrected chi connectivity index (χ3v) is 3.56. The van der Waals surface area contributed by atoms with E-state index in [0.717, 1.165) is 5.76 Å². The van der Waals surface area contributed by atoms with E-state index >= 15 is 0 Å². The van der Waals surface area contributed by atoms with Crippen LogP contribution in [-0.2, 0) is 22.4 Å². The van der Waals surface area contributed by atoms with Crippen molar-refractivity contribution < 1.29 is 24.2 Å². The van der Waals surface area contributed by atoms with Crippen molar-refractivity contribution in [1.29, 1.82) is 0 Å². The van der Waals surface area contributed by atoms with Gasteiger partial charge in [-0.25, -0.2) is 0 Å². The fraction of sp³-hybridized carbons (Fsp3) is 0.312. The standard InChI is InChI=1S/C16H16O5/c1-9-2-3-12-4-5-14(21-12)16-10(7-15(19)20-9)6-11(17)8-13(16)18/h4-6,8-9,17-18H,2-3,7H2,1H3/t9-/m0/s1. The van der Waals surface area contributed by atoms with E-state index in [2.05, 4.69) is 0 Å². The lowest BCUT2D eigenvalue weighted by molar-refractivity contribution is -0.147. The molecule has 2 N–H and O–H groups in total. The molecule has 2 heterocycles. The van der Waals surface area contributed by atoms with Crippen LogP contribution < -0.4 is 0 Å². The maximum absolute atomic E-state index is 12.0. The Labute approximate surface area is 121 Å². The number of aromatic hydroxyl groups is 2. The number of hydrogen-bond acceptors (Lipinski definition) is 5. The number of esters is 1. The molecule has 110 valence electrons. The van der Waals surface area contributed by atoms with Gasteiger partial charge in [-0.2, -0.15) is 0 Å². The van der Waals surface area contributed by atoms with Gasteiger partial charge in [-0.1, -0.05) is 0 Å². The molecule has 21 heavy (non-hydrogen) atoms. The normalized spacial score (nSPS) is 18.5. The van der Waals surface area contributed by atoms with Crippen molar-refractivity contribution in [3.05, 3.63) is 35.6 Å². The van der Waals surface area contributed by atoms with Crippen molar-refractivity contribution >= 4 is 5.97 Å². The number of aryl methyl sites for hydroxylation is 1. The van der Waals surface area contributed by atoms with Crippen LogP contribution in [0.5, 0.6) is 11.5 Å². The van der Waals surface area contributed by atoms with Crippen LogP contribution in [-0.4, -0.2) is 22.3 Å². The van der Waals surface area contributed by atoms with Crippen molar-refractivity contribution in [2.75, 3.05) is 0 Å². The molecular weight excluding hydrogens is 272 g/mol. The fourth-order valence-electron chi connectivity index (χ4n) is 2.57. The lowest BCUT2D eigenvalue weighted by atomic mass is 10.0. The first-order chi connectivity index (χ1) is 10.0. The molecule has 1 aliphatic heterocycles. The molecule has 2 aromatic rings. The first-order valence-corrected chi connectivity index (χ1v) is 6.86. The zero-order valence-electron chi connectivity index (χ0n) is 11.6. The molecule has 1 atom stereocenters. The molecule has 0 unspecified atom stereocenters. The smallest absolute Gasteiger partial charge is 0.310 e. The molecule has 1 aromatic heterocycles. The lowest BCUT2D eigenvalue weighted by Crippen LogP contribution is -2.17. The number of phenols is 2. The Bertz CT molecular complexity index is 686. The fourth-order valence-corrected chi connectivity index (χ4v) is 2.57. The third kappa shape index (κ3) is 2.72. The van der Waals surface area contributed by atoms with Gasteiger partial charge in [0.15, 0.2) is 0 Å². The maximum Gasteiger partial charge on any atom is 0.310 e. The number of benzene rings is 1. The van der Waals surface area contributed by atoms with Crippen LogP contribution in [0.15, 0.2) is 28.7 Å².